The van der Waals surface area contributed by atoms with E-state index in [-0.39, 0.29) is 22.6 Å². The monoisotopic (exact) mass is 444 g/mol. The van der Waals surface area contributed by atoms with Gasteiger partial charge in [-0.05, 0) is 61.4 Å². The fraction of sp³-hybridized carbons (Fsp3) is 0.238. The largest absolute Gasteiger partial charge is 0.338 e. The first kappa shape index (κ1) is 20.4. The summed E-state index contributed by atoms with van der Waals surface area (Å²) in [4.78, 5) is 27.0. The summed E-state index contributed by atoms with van der Waals surface area (Å²) in [5, 5.41) is 12.4. The summed E-state index contributed by atoms with van der Waals surface area (Å²) in [6, 6.07) is 12.4. The van der Waals surface area contributed by atoms with E-state index in [2.05, 4.69) is 15.5 Å². The number of carbonyl (C=O) groups excluding carboxylic acids is 2. The standard InChI is InChI=1S/C21H18ClFN4O2S/c22-15-5-3-13(4-6-15)21(29)27-11-1-2-14(12-27)19-25-26-20(30-19)18(28)24-17-9-7-16(23)8-10-17/h3-10,14H,1-2,11-12H2,(H,24,28)/t14-/m1/s1. The average molecular weight is 445 g/mol. The van der Waals surface area contributed by atoms with Crippen LogP contribution in [0.4, 0.5) is 10.1 Å². The SMILES string of the molecule is O=C(Nc1ccc(F)cc1)c1nnc([C@@H]2CCCN(C(=O)c3ccc(Cl)cc3)C2)s1. The molecule has 30 heavy (non-hydrogen) atoms. The average Bonchev–Trinajstić information content (AvgIpc) is 3.26. The van der Waals surface area contributed by atoms with Crippen molar-refractivity contribution in [2.24, 2.45) is 0 Å². The first-order valence-electron chi connectivity index (χ1n) is 9.45. The van der Waals surface area contributed by atoms with Crippen molar-refractivity contribution in [2.75, 3.05) is 18.4 Å². The van der Waals surface area contributed by atoms with Gasteiger partial charge in [0.1, 0.15) is 10.8 Å². The van der Waals surface area contributed by atoms with Gasteiger partial charge in [0, 0.05) is 35.3 Å². The van der Waals surface area contributed by atoms with Crippen LogP contribution in [0.15, 0.2) is 48.5 Å². The van der Waals surface area contributed by atoms with Crippen molar-refractivity contribution < 1.29 is 14.0 Å². The molecule has 0 radical (unpaired) electrons. The molecule has 1 aliphatic heterocycles. The molecule has 0 bridgehead atoms. The Hall–Kier alpha value is -2.84. The molecule has 1 N–H and O–H groups in total. The number of carbonyl (C=O) groups is 2. The van der Waals surface area contributed by atoms with Crippen LogP contribution >= 0.6 is 22.9 Å². The van der Waals surface area contributed by atoms with Gasteiger partial charge in [0.05, 0.1) is 0 Å². The Morgan fingerprint density at radius 3 is 2.57 bits per heavy atom. The Bertz CT molecular complexity index is 1060. The minimum atomic E-state index is -0.393. The number of aromatic nitrogens is 2. The van der Waals surface area contributed by atoms with Gasteiger partial charge in [0.25, 0.3) is 11.8 Å². The number of likely N-dealkylation sites (tertiary alicyclic amines) is 1. The van der Waals surface area contributed by atoms with Crippen molar-refractivity contribution in [1.29, 1.82) is 0 Å². The Kier molecular flexibility index (Phi) is 6.06. The number of nitrogens with one attached hydrogen (secondary N) is 1. The van der Waals surface area contributed by atoms with Gasteiger partial charge in [-0.25, -0.2) is 4.39 Å². The summed E-state index contributed by atoms with van der Waals surface area (Å²) in [5.41, 5.74) is 1.08. The highest BCUT2D eigenvalue weighted by molar-refractivity contribution is 7.13. The molecule has 1 fully saturated rings. The van der Waals surface area contributed by atoms with Crippen LogP contribution in [-0.4, -0.2) is 40.0 Å². The van der Waals surface area contributed by atoms with Crippen LogP contribution in [0.2, 0.25) is 5.02 Å². The highest BCUT2D eigenvalue weighted by Gasteiger charge is 2.28. The van der Waals surface area contributed by atoms with E-state index in [9.17, 15) is 14.0 Å². The first-order valence-corrected chi connectivity index (χ1v) is 10.6. The van der Waals surface area contributed by atoms with Gasteiger partial charge in [-0.2, -0.15) is 0 Å². The van der Waals surface area contributed by atoms with Gasteiger partial charge < -0.3 is 10.2 Å². The summed E-state index contributed by atoms with van der Waals surface area (Å²) < 4.78 is 13.0. The normalized spacial score (nSPS) is 16.3. The smallest absolute Gasteiger partial charge is 0.286 e. The second-order valence-electron chi connectivity index (χ2n) is 7.00. The van der Waals surface area contributed by atoms with E-state index < -0.39 is 5.91 Å². The molecule has 6 nitrogen and oxygen atoms in total. The van der Waals surface area contributed by atoms with Crippen LogP contribution in [0.3, 0.4) is 0 Å². The van der Waals surface area contributed by atoms with E-state index >= 15 is 0 Å². The number of piperidine rings is 1. The minimum Gasteiger partial charge on any atom is -0.338 e. The number of anilines is 1. The van der Waals surface area contributed by atoms with E-state index in [0.717, 1.165) is 17.8 Å². The molecule has 2 aromatic carbocycles. The quantitative estimate of drug-likeness (QED) is 0.638. The Morgan fingerprint density at radius 1 is 1.10 bits per heavy atom. The molecule has 1 aliphatic rings. The maximum Gasteiger partial charge on any atom is 0.286 e. The second kappa shape index (κ2) is 8.89. The second-order valence-corrected chi connectivity index (χ2v) is 8.45. The molecule has 2 amide bonds. The third-order valence-electron chi connectivity index (χ3n) is 4.89. The number of hydrogen-bond donors (Lipinski definition) is 1. The van der Waals surface area contributed by atoms with Crippen LogP contribution in [0.5, 0.6) is 0 Å². The molecule has 0 spiro atoms. The molecule has 1 atom stereocenters. The molecule has 2 heterocycles. The summed E-state index contributed by atoms with van der Waals surface area (Å²) in [5.74, 6) is -0.786. The molecule has 0 saturated carbocycles. The zero-order chi connectivity index (χ0) is 21.1. The predicted molar refractivity (Wildman–Crippen MR) is 114 cm³/mol. The zero-order valence-corrected chi connectivity index (χ0v) is 17.4. The van der Waals surface area contributed by atoms with Gasteiger partial charge in [0.2, 0.25) is 5.01 Å². The Balaban J connectivity index is 1.42. The molecule has 4 rings (SSSR count). The van der Waals surface area contributed by atoms with Crippen molar-refractivity contribution >= 4 is 40.4 Å². The van der Waals surface area contributed by atoms with Crippen molar-refractivity contribution in [3.05, 3.63) is 74.9 Å². The predicted octanol–water partition coefficient (Wildman–Crippen LogP) is 4.60. The number of amides is 2. The van der Waals surface area contributed by atoms with Crippen LogP contribution in [0, 0.1) is 5.82 Å². The van der Waals surface area contributed by atoms with E-state index in [0.29, 0.717) is 29.4 Å². The van der Waals surface area contributed by atoms with Crippen molar-refractivity contribution in [1.82, 2.24) is 15.1 Å². The maximum absolute atomic E-state index is 13.0. The van der Waals surface area contributed by atoms with Crippen molar-refractivity contribution in [3.63, 3.8) is 0 Å². The van der Waals surface area contributed by atoms with Gasteiger partial charge in [0.15, 0.2) is 0 Å². The third kappa shape index (κ3) is 4.66. The lowest BCUT2D eigenvalue weighted by Gasteiger charge is -2.31. The zero-order valence-electron chi connectivity index (χ0n) is 15.8. The maximum atomic E-state index is 13.0. The summed E-state index contributed by atoms with van der Waals surface area (Å²) in [6.07, 6.45) is 1.72. The minimum absolute atomic E-state index is 0.0277. The number of rotatable bonds is 4. The lowest BCUT2D eigenvalue weighted by atomic mass is 9.98. The number of halogens is 2. The highest BCUT2D eigenvalue weighted by Crippen LogP contribution is 2.30. The first-order chi connectivity index (χ1) is 14.5. The Morgan fingerprint density at radius 2 is 1.83 bits per heavy atom. The van der Waals surface area contributed by atoms with Crippen LogP contribution < -0.4 is 5.32 Å². The van der Waals surface area contributed by atoms with E-state index in [1.807, 2.05) is 0 Å². The summed E-state index contributed by atoms with van der Waals surface area (Å²) >= 11 is 7.12. The van der Waals surface area contributed by atoms with Crippen LogP contribution in [0.1, 0.15) is 43.9 Å². The number of benzene rings is 2. The van der Waals surface area contributed by atoms with Crippen molar-refractivity contribution in [3.8, 4) is 0 Å². The van der Waals surface area contributed by atoms with E-state index in [1.54, 1.807) is 29.2 Å². The molecule has 3 aromatic rings. The lowest BCUT2D eigenvalue weighted by Crippen LogP contribution is -2.39. The number of hydrogen-bond acceptors (Lipinski definition) is 5. The molecular weight excluding hydrogens is 427 g/mol. The third-order valence-corrected chi connectivity index (χ3v) is 6.22. The molecule has 0 unspecified atom stereocenters. The van der Waals surface area contributed by atoms with E-state index in [4.69, 9.17) is 11.6 Å². The molecule has 154 valence electrons. The van der Waals surface area contributed by atoms with Crippen molar-refractivity contribution in [2.45, 2.75) is 18.8 Å². The topological polar surface area (TPSA) is 75.2 Å². The van der Waals surface area contributed by atoms with Gasteiger partial charge >= 0.3 is 0 Å². The fourth-order valence-corrected chi connectivity index (χ4v) is 4.34. The number of nitrogens with zero attached hydrogens (tertiary/aromatic N) is 3. The van der Waals surface area contributed by atoms with Crippen LogP contribution in [0.25, 0.3) is 0 Å². The highest BCUT2D eigenvalue weighted by atomic mass is 35.5. The molecule has 1 aromatic heterocycles. The summed E-state index contributed by atoms with van der Waals surface area (Å²) in [7, 11) is 0. The lowest BCUT2D eigenvalue weighted by molar-refractivity contribution is 0.0706. The summed E-state index contributed by atoms with van der Waals surface area (Å²) in [6.45, 7) is 1.20. The van der Waals surface area contributed by atoms with Crippen LogP contribution in [-0.2, 0) is 0 Å². The van der Waals surface area contributed by atoms with Gasteiger partial charge in [-0.3, -0.25) is 9.59 Å². The molecule has 0 aliphatic carbocycles. The molecule has 9 heteroatoms. The molecule has 1 saturated heterocycles. The van der Waals surface area contributed by atoms with Gasteiger partial charge in [-0.15, -0.1) is 10.2 Å². The molecular formula is C21H18ClFN4O2S. The van der Waals surface area contributed by atoms with Gasteiger partial charge in [-0.1, -0.05) is 22.9 Å². The fourth-order valence-electron chi connectivity index (χ4n) is 3.35. The van der Waals surface area contributed by atoms with E-state index in [1.165, 1.54) is 35.6 Å². The Labute approximate surface area is 181 Å².